The quantitative estimate of drug-likeness (QED) is 0.628. The number of aliphatic hydroxyl groups is 2. The van der Waals surface area contributed by atoms with Crippen LogP contribution in [0.5, 0.6) is 0 Å². The van der Waals surface area contributed by atoms with Gasteiger partial charge in [0.15, 0.2) is 12.5 Å². The first-order chi connectivity index (χ1) is 11.5. The molecule has 24 heavy (non-hydrogen) atoms. The van der Waals surface area contributed by atoms with E-state index in [-0.39, 0.29) is 6.61 Å². The highest BCUT2D eigenvalue weighted by Gasteiger charge is 2.44. The molecule has 2 fully saturated rings. The van der Waals surface area contributed by atoms with Crippen LogP contribution in [0.25, 0.3) is 0 Å². The molecule has 2 aliphatic heterocycles. The normalized spacial score (nSPS) is 33.7. The minimum Gasteiger partial charge on any atom is -0.387 e. The number of H-pyrrole nitrogens is 1. The van der Waals surface area contributed by atoms with E-state index in [0.29, 0.717) is 17.4 Å². The van der Waals surface area contributed by atoms with Gasteiger partial charge in [-0.25, -0.2) is 4.79 Å². The smallest absolute Gasteiger partial charge is 0.330 e. The van der Waals surface area contributed by atoms with E-state index in [2.05, 4.69) is 0 Å². The van der Waals surface area contributed by atoms with Gasteiger partial charge < -0.3 is 24.4 Å². The van der Waals surface area contributed by atoms with Crippen LogP contribution in [0.4, 0.5) is 4.39 Å². The summed E-state index contributed by atoms with van der Waals surface area (Å²) < 4.78 is 30.4. The summed E-state index contributed by atoms with van der Waals surface area (Å²) in [6.45, 7) is 0.538. The third-order valence-electron chi connectivity index (χ3n) is 4.12. The Labute approximate surface area is 135 Å². The van der Waals surface area contributed by atoms with Gasteiger partial charge in [-0.1, -0.05) is 0 Å². The summed E-state index contributed by atoms with van der Waals surface area (Å²) in [5.41, 5.74) is -2.12. The number of hydrogen-bond donors (Lipinski definition) is 3. The second kappa shape index (κ2) is 7.11. The van der Waals surface area contributed by atoms with E-state index in [1.165, 1.54) is 0 Å². The molecule has 3 N–H and O–H groups in total. The van der Waals surface area contributed by atoms with E-state index in [9.17, 15) is 24.2 Å². The Morgan fingerprint density at radius 3 is 2.83 bits per heavy atom. The third kappa shape index (κ3) is 3.42. The summed E-state index contributed by atoms with van der Waals surface area (Å²) in [5, 5.41) is 20.1. The van der Waals surface area contributed by atoms with Gasteiger partial charge >= 0.3 is 5.69 Å². The zero-order chi connectivity index (χ0) is 17.3. The fourth-order valence-electron chi connectivity index (χ4n) is 2.79. The molecule has 1 aromatic rings. The van der Waals surface area contributed by atoms with Crippen LogP contribution in [-0.4, -0.2) is 57.6 Å². The van der Waals surface area contributed by atoms with E-state index < -0.39 is 47.9 Å². The molecule has 2 aliphatic rings. The average Bonchev–Trinajstić information content (AvgIpc) is 2.85. The predicted octanol–water partition coefficient (Wildman–Crippen LogP) is -1.16. The molecule has 3 heterocycles. The van der Waals surface area contributed by atoms with Crippen LogP contribution in [0.2, 0.25) is 0 Å². The highest BCUT2D eigenvalue weighted by molar-refractivity contribution is 4.94. The minimum absolute atomic E-state index is 0.0556. The predicted molar refractivity (Wildman–Crippen MR) is 76.7 cm³/mol. The van der Waals surface area contributed by atoms with Crippen LogP contribution < -0.4 is 11.2 Å². The molecule has 1 aromatic heterocycles. The van der Waals surface area contributed by atoms with E-state index in [0.717, 1.165) is 19.3 Å². The molecule has 3 rings (SSSR count). The SMILES string of the molecule is O=c1[nH]c(=O)n([C@H]2O[C@@H](COC3CCCCO3)C(O)C2O)cc1F. The standard InChI is InChI=1S/C14H19FN2O7/c15-7-5-17(14(21)16-12(7)20)13-11(19)10(18)8(24-13)6-23-9-3-1-2-4-22-9/h5,8-11,13,18-19H,1-4,6H2,(H,16,20,21)/t8-,9?,10?,11?,13-/m0/s1. The van der Waals surface area contributed by atoms with Gasteiger partial charge in [-0.15, -0.1) is 0 Å². The monoisotopic (exact) mass is 346 g/mol. The van der Waals surface area contributed by atoms with Crippen LogP contribution in [0.15, 0.2) is 15.8 Å². The van der Waals surface area contributed by atoms with Gasteiger partial charge in [-0.2, -0.15) is 4.39 Å². The first-order valence-electron chi connectivity index (χ1n) is 7.73. The van der Waals surface area contributed by atoms with Gasteiger partial charge in [0.2, 0.25) is 5.82 Å². The molecular formula is C14H19FN2O7. The Morgan fingerprint density at radius 2 is 2.12 bits per heavy atom. The largest absolute Gasteiger partial charge is 0.387 e. The lowest BCUT2D eigenvalue weighted by atomic mass is 10.1. The number of aliphatic hydroxyl groups excluding tert-OH is 2. The maximum Gasteiger partial charge on any atom is 0.330 e. The maximum absolute atomic E-state index is 13.4. The van der Waals surface area contributed by atoms with Crippen molar-refractivity contribution in [3.63, 3.8) is 0 Å². The van der Waals surface area contributed by atoms with Gasteiger partial charge in [0.05, 0.1) is 12.8 Å². The summed E-state index contributed by atoms with van der Waals surface area (Å²) >= 11 is 0. The lowest BCUT2D eigenvalue weighted by Crippen LogP contribution is -2.39. The number of rotatable bonds is 4. The number of hydrogen-bond acceptors (Lipinski definition) is 7. The Balaban J connectivity index is 1.69. The number of aromatic amines is 1. The van der Waals surface area contributed by atoms with Gasteiger partial charge in [-0.05, 0) is 19.3 Å². The van der Waals surface area contributed by atoms with E-state index in [4.69, 9.17) is 14.2 Å². The van der Waals surface area contributed by atoms with Crippen LogP contribution in [-0.2, 0) is 14.2 Å². The molecule has 0 bridgehead atoms. The van der Waals surface area contributed by atoms with Crippen molar-refractivity contribution in [2.24, 2.45) is 0 Å². The van der Waals surface area contributed by atoms with Crippen molar-refractivity contribution in [3.8, 4) is 0 Å². The molecule has 0 spiro atoms. The number of ether oxygens (including phenoxy) is 3. The molecule has 5 atom stereocenters. The van der Waals surface area contributed by atoms with Gasteiger partial charge in [-0.3, -0.25) is 14.3 Å². The van der Waals surface area contributed by atoms with Crippen molar-refractivity contribution in [2.75, 3.05) is 13.2 Å². The Kier molecular flexibility index (Phi) is 5.11. The fourth-order valence-corrected chi connectivity index (χ4v) is 2.79. The maximum atomic E-state index is 13.4. The van der Waals surface area contributed by atoms with E-state index in [1.807, 2.05) is 0 Å². The first-order valence-corrected chi connectivity index (χ1v) is 7.73. The summed E-state index contributed by atoms with van der Waals surface area (Å²) in [5.74, 6) is -1.20. The van der Waals surface area contributed by atoms with E-state index >= 15 is 0 Å². The lowest BCUT2D eigenvalue weighted by Gasteiger charge is -2.24. The Morgan fingerprint density at radius 1 is 1.33 bits per heavy atom. The van der Waals surface area contributed by atoms with Crippen LogP contribution in [0, 0.1) is 5.82 Å². The van der Waals surface area contributed by atoms with Gasteiger partial charge in [0.25, 0.3) is 5.56 Å². The summed E-state index contributed by atoms with van der Waals surface area (Å²) in [4.78, 5) is 24.6. The van der Waals surface area contributed by atoms with Crippen molar-refractivity contribution in [1.82, 2.24) is 9.55 Å². The highest BCUT2D eigenvalue weighted by Crippen LogP contribution is 2.29. The van der Waals surface area contributed by atoms with Crippen molar-refractivity contribution >= 4 is 0 Å². The summed E-state index contributed by atoms with van der Waals surface area (Å²) in [6.07, 6.45) is -2.18. The molecule has 9 nitrogen and oxygen atoms in total. The third-order valence-corrected chi connectivity index (χ3v) is 4.12. The van der Waals surface area contributed by atoms with Crippen LogP contribution >= 0.6 is 0 Å². The van der Waals surface area contributed by atoms with Crippen molar-refractivity contribution in [3.05, 3.63) is 32.9 Å². The molecule has 0 aliphatic carbocycles. The average molecular weight is 346 g/mol. The summed E-state index contributed by atoms with van der Waals surface area (Å²) in [6, 6.07) is 0. The molecule has 0 radical (unpaired) electrons. The fraction of sp³-hybridized carbons (Fsp3) is 0.714. The molecule has 10 heteroatoms. The number of aromatic nitrogens is 2. The van der Waals surface area contributed by atoms with Gasteiger partial charge in [0, 0.05) is 6.61 Å². The topological polar surface area (TPSA) is 123 Å². The molecule has 2 saturated heterocycles. The van der Waals surface area contributed by atoms with Crippen molar-refractivity contribution in [2.45, 2.75) is 50.1 Å². The molecular weight excluding hydrogens is 327 g/mol. The van der Waals surface area contributed by atoms with Crippen LogP contribution in [0.3, 0.4) is 0 Å². The second-order valence-electron chi connectivity index (χ2n) is 5.82. The first kappa shape index (κ1) is 17.2. The van der Waals surface area contributed by atoms with Gasteiger partial charge in [0.1, 0.15) is 18.3 Å². The molecule has 0 amide bonds. The molecule has 0 saturated carbocycles. The summed E-state index contributed by atoms with van der Waals surface area (Å²) in [7, 11) is 0. The van der Waals surface area contributed by atoms with Crippen LogP contribution in [0.1, 0.15) is 25.5 Å². The zero-order valence-electron chi connectivity index (χ0n) is 12.8. The van der Waals surface area contributed by atoms with Crippen molar-refractivity contribution in [1.29, 1.82) is 0 Å². The Hall–Kier alpha value is -1.59. The molecule has 134 valence electrons. The minimum atomic E-state index is -1.48. The number of nitrogens with one attached hydrogen (secondary N) is 1. The molecule has 3 unspecified atom stereocenters. The highest BCUT2D eigenvalue weighted by atomic mass is 19.1. The zero-order valence-corrected chi connectivity index (χ0v) is 12.8. The second-order valence-corrected chi connectivity index (χ2v) is 5.82. The Bertz CT molecular complexity index is 684. The molecule has 0 aromatic carbocycles. The number of halogens is 1. The van der Waals surface area contributed by atoms with E-state index in [1.54, 1.807) is 4.98 Å². The lowest BCUT2D eigenvalue weighted by molar-refractivity contribution is -0.185. The number of nitrogens with zero attached hydrogens (tertiary/aromatic N) is 1. The van der Waals surface area contributed by atoms with Crippen molar-refractivity contribution < 1.29 is 28.8 Å².